The molecule has 0 amide bonds. The topological polar surface area (TPSA) is 34.9 Å². The molecule has 0 N–H and O–H groups in total. The molecule has 0 spiro atoms. The molecule has 0 saturated carbocycles. The predicted molar refractivity (Wildman–Crippen MR) is 97.2 cm³/mol. The third-order valence-corrected chi connectivity index (χ3v) is 4.34. The van der Waals surface area contributed by atoms with E-state index in [-0.39, 0.29) is 22.8 Å². The minimum absolute atomic E-state index is 0. The van der Waals surface area contributed by atoms with Gasteiger partial charge in [0.05, 0.1) is 16.8 Å². The highest BCUT2D eigenvalue weighted by atomic mass is 79.9. The van der Waals surface area contributed by atoms with Gasteiger partial charge in [0.15, 0.2) is 10.9 Å². The van der Waals surface area contributed by atoms with Crippen molar-refractivity contribution in [2.24, 2.45) is 0 Å². The number of ketones is 1. The number of para-hydroxylation sites is 2. The number of hydrogen-bond acceptors (Lipinski definition) is 3. The number of imidazole rings is 1. The van der Waals surface area contributed by atoms with Crippen LogP contribution >= 0.6 is 28.7 Å². The summed E-state index contributed by atoms with van der Waals surface area (Å²) in [5.74, 6) is 0.545. The van der Waals surface area contributed by atoms with Gasteiger partial charge in [0.2, 0.25) is 0 Å². The molecule has 22 heavy (non-hydrogen) atoms. The van der Waals surface area contributed by atoms with Crippen LogP contribution in [0.5, 0.6) is 0 Å². The summed E-state index contributed by atoms with van der Waals surface area (Å²) in [4.78, 5) is 16.8. The van der Waals surface area contributed by atoms with Gasteiger partial charge in [0.25, 0.3) is 0 Å². The minimum Gasteiger partial charge on any atom is -0.319 e. The molecule has 2 aromatic carbocycles. The van der Waals surface area contributed by atoms with Crippen LogP contribution in [-0.2, 0) is 6.54 Å². The Morgan fingerprint density at radius 3 is 2.50 bits per heavy atom. The average molecular weight is 377 g/mol. The molecule has 0 bridgehead atoms. The largest absolute Gasteiger partial charge is 0.319 e. The molecule has 0 radical (unpaired) electrons. The first-order chi connectivity index (χ1) is 10.3. The number of nitrogens with zero attached hydrogens (tertiary/aromatic N) is 2. The number of halogens is 1. The van der Waals surface area contributed by atoms with E-state index in [9.17, 15) is 4.79 Å². The third-order valence-electron chi connectivity index (χ3n) is 3.36. The molecule has 1 aromatic heterocycles. The van der Waals surface area contributed by atoms with Crippen molar-refractivity contribution < 1.29 is 4.79 Å². The summed E-state index contributed by atoms with van der Waals surface area (Å²) >= 11 is 1.50. The molecule has 0 aliphatic carbocycles. The van der Waals surface area contributed by atoms with Crippen LogP contribution in [0.3, 0.4) is 0 Å². The first-order valence-corrected chi connectivity index (χ1v) is 7.94. The van der Waals surface area contributed by atoms with Gasteiger partial charge in [-0.1, -0.05) is 54.2 Å². The first-order valence-electron chi connectivity index (χ1n) is 6.96. The molecule has 114 valence electrons. The number of thioether (sulfide) groups is 1. The summed E-state index contributed by atoms with van der Waals surface area (Å²) in [7, 11) is 0. The van der Waals surface area contributed by atoms with Gasteiger partial charge in [0, 0.05) is 12.1 Å². The highest BCUT2D eigenvalue weighted by Crippen LogP contribution is 2.24. The molecule has 1 heterocycles. The fourth-order valence-corrected chi connectivity index (χ4v) is 3.28. The summed E-state index contributed by atoms with van der Waals surface area (Å²) < 4.78 is 2.15. The lowest BCUT2D eigenvalue weighted by atomic mass is 10.2. The van der Waals surface area contributed by atoms with Gasteiger partial charge in [0.1, 0.15) is 0 Å². The smallest absolute Gasteiger partial charge is 0.173 e. The number of rotatable bonds is 5. The summed E-state index contributed by atoms with van der Waals surface area (Å²) in [5.41, 5.74) is 2.85. The Bertz CT molecular complexity index is 771. The van der Waals surface area contributed by atoms with Crippen LogP contribution in [-0.4, -0.2) is 21.1 Å². The lowest BCUT2D eigenvalue weighted by Gasteiger charge is -2.05. The second kappa shape index (κ2) is 7.61. The summed E-state index contributed by atoms with van der Waals surface area (Å²) in [6.45, 7) is 2.94. The van der Waals surface area contributed by atoms with Crippen molar-refractivity contribution in [2.75, 3.05) is 5.75 Å². The Morgan fingerprint density at radius 1 is 1.09 bits per heavy atom. The van der Waals surface area contributed by atoms with Crippen molar-refractivity contribution in [3.05, 3.63) is 60.2 Å². The second-order valence-corrected chi connectivity index (χ2v) is 5.65. The van der Waals surface area contributed by atoms with Crippen LogP contribution in [0.25, 0.3) is 11.0 Å². The van der Waals surface area contributed by atoms with E-state index in [1.807, 2.05) is 48.5 Å². The number of benzene rings is 2. The zero-order valence-corrected chi connectivity index (χ0v) is 14.8. The molecule has 0 fully saturated rings. The molecule has 3 nitrogen and oxygen atoms in total. The van der Waals surface area contributed by atoms with E-state index in [2.05, 4.69) is 22.5 Å². The molecule has 0 aliphatic rings. The van der Waals surface area contributed by atoms with Gasteiger partial charge in [-0.25, -0.2) is 4.98 Å². The van der Waals surface area contributed by atoms with Crippen molar-refractivity contribution in [2.45, 2.75) is 18.6 Å². The van der Waals surface area contributed by atoms with Gasteiger partial charge >= 0.3 is 0 Å². The molecular formula is C17H17BrN2OS. The van der Waals surface area contributed by atoms with Crippen LogP contribution in [0.1, 0.15) is 17.3 Å². The molecule has 0 aliphatic heterocycles. The normalized spacial score (nSPS) is 10.4. The molecule has 0 saturated heterocycles. The Hall–Kier alpha value is -1.59. The average Bonchev–Trinajstić information content (AvgIpc) is 2.91. The highest BCUT2D eigenvalue weighted by molar-refractivity contribution is 8.93. The van der Waals surface area contributed by atoms with E-state index in [1.54, 1.807) is 0 Å². The maximum absolute atomic E-state index is 12.2. The van der Waals surface area contributed by atoms with Crippen LogP contribution in [0.4, 0.5) is 0 Å². The summed E-state index contributed by atoms with van der Waals surface area (Å²) in [6, 6.07) is 17.5. The zero-order chi connectivity index (χ0) is 14.7. The van der Waals surface area contributed by atoms with Crippen molar-refractivity contribution in [1.29, 1.82) is 0 Å². The number of carbonyl (C=O) groups is 1. The van der Waals surface area contributed by atoms with Crippen molar-refractivity contribution in [3.63, 3.8) is 0 Å². The Labute approximate surface area is 144 Å². The summed E-state index contributed by atoms with van der Waals surface area (Å²) in [5, 5.41) is 0.906. The van der Waals surface area contributed by atoms with Gasteiger partial charge in [-0.15, -0.1) is 17.0 Å². The van der Waals surface area contributed by atoms with Crippen molar-refractivity contribution in [1.82, 2.24) is 9.55 Å². The second-order valence-electron chi connectivity index (χ2n) is 4.71. The molecule has 0 atom stereocenters. The van der Waals surface area contributed by atoms with Crippen molar-refractivity contribution >= 4 is 45.6 Å². The Morgan fingerprint density at radius 2 is 1.77 bits per heavy atom. The molecular weight excluding hydrogens is 360 g/mol. The number of hydrogen-bond donors (Lipinski definition) is 0. The van der Waals surface area contributed by atoms with Gasteiger partial charge in [-0.2, -0.15) is 0 Å². The van der Waals surface area contributed by atoms with E-state index in [1.165, 1.54) is 11.8 Å². The fraction of sp³-hybridized carbons (Fsp3) is 0.176. The van der Waals surface area contributed by atoms with Crippen LogP contribution < -0.4 is 0 Å². The standard InChI is InChI=1S/C17H16N2OS.BrH/c1-2-19-15-11-7-6-10-14(15)18-17(19)21-12-16(20)13-8-4-3-5-9-13;/h3-11H,2,12H2,1H3;1H. The van der Waals surface area contributed by atoms with E-state index in [4.69, 9.17) is 0 Å². The minimum atomic E-state index is 0. The van der Waals surface area contributed by atoms with Crippen molar-refractivity contribution in [3.8, 4) is 0 Å². The first kappa shape index (κ1) is 16.8. The van der Waals surface area contributed by atoms with Gasteiger partial charge in [-0.05, 0) is 19.1 Å². The molecule has 0 unspecified atom stereocenters. The maximum atomic E-state index is 12.2. The fourth-order valence-electron chi connectivity index (χ4n) is 2.31. The number of carbonyl (C=O) groups excluding carboxylic acids is 1. The molecule has 3 aromatic rings. The zero-order valence-electron chi connectivity index (χ0n) is 12.2. The lowest BCUT2D eigenvalue weighted by Crippen LogP contribution is -2.04. The van der Waals surface area contributed by atoms with E-state index >= 15 is 0 Å². The van der Waals surface area contributed by atoms with E-state index in [0.717, 1.165) is 28.3 Å². The van der Waals surface area contributed by atoms with Gasteiger partial charge < -0.3 is 4.57 Å². The highest BCUT2D eigenvalue weighted by Gasteiger charge is 2.12. The van der Waals surface area contributed by atoms with E-state index < -0.39 is 0 Å². The molecule has 5 heteroatoms. The van der Waals surface area contributed by atoms with E-state index in [0.29, 0.717) is 5.75 Å². The number of aromatic nitrogens is 2. The molecule has 3 rings (SSSR count). The quantitative estimate of drug-likeness (QED) is 0.481. The van der Waals surface area contributed by atoms with Crippen LogP contribution in [0.15, 0.2) is 59.8 Å². The number of Topliss-reactive ketones (excluding diaryl/α,β-unsaturated/α-hetero) is 1. The monoisotopic (exact) mass is 376 g/mol. The number of fused-ring (bicyclic) bond motifs is 1. The Kier molecular flexibility index (Phi) is 5.80. The van der Waals surface area contributed by atoms with Crippen LogP contribution in [0, 0.1) is 0 Å². The SMILES string of the molecule is Br.CCn1c(SCC(=O)c2ccccc2)nc2ccccc21. The Balaban J connectivity index is 0.00000176. The third kappa shape index (κ3) is 3.42. The lowest BCUT2D eigenvalue weighted by molar-refractivity contribution is 0.102. The number of aryl methyl sites for hydroxylation is 1. The predicted octanol–water partition coefficient (Wildman–Crippen LogP) is 4.61. The maximum Gasteiger partial charge on any atom is 0.173 e. The van der Waals surface area contributed by atoms with Gasteiger partial charge in [-0.3, -0.25) is 4.79 Å². The summed E-state index contributed by atoms with van der Waals surface area (Å²) in [6.07, 6.45) is 0. The van der Waals surface area contributed by atoms with Crippen LogP contribution in [0.2, 0.25) is 0 Å².